The number of benzene rings is 2. The third kappa shape index (κ3) is 3.72. The highest BCUT2D eigenvalue weighted by atomic mass is 32.1. The molecule has 0 N–H and O–H groups in total. The Kier molecular flexibility index (Phi) is 5.26. The van der Waals surface area contributed by atoms with Crippen molar-refractivity contribution in [2.24, 2.45) is 0 Å². The Balaban J connectivity index is 1.21. The quantitative estimate of drug-likeness (QED) is 0.367. The molecule has 3 aromatic heterocycles. The van der Waals surface area contributed by atoms with Gasteiger partial charge in [0.25, 0.3) is 5.91 Å². The number of thiazole rings is 1. The van der Waals surface area contributed by atoms with Crippen LogP contribution in [0.15, 0.2) is 73.1 Å². The smallest absolute Gasteiger partial charge is 0.254 e. The number of hydrogen-bond donors (Lipinski definition) is 0. The Hall–Kier alpha value is -3.71. The third-order valence-electron chi connectivity index (χ3n) is 6.54. The van der Waals surface area contributed by atoms with Gasteiger partial charge in [-0.2, -0.15) is 0 Å². The summed E-state index contributed by atoms with van der Waals surface area (Å²) in [7, 11) is 0. The van der Waals surface area contributed by atoms with E-state index < -0.39 is 0 Å². The lowest BCUT2D eigenvalue weighted by Crippen LogP contribution is -2.49. The molecule has 0 aliphatic carbocycles. The SMILES string of the molecule is CCc1ccc(-c2cn3c(n2)sc2cc(C(=O)N4CCN(c5ccccn5)CC4)ccc23)cc1. The standard InChI is InChI=1S/C27H25N5OS/c1-2-19-6-8-20(9-7-19)22-18-32-23-11-10-21(17-24(23)34-27(32)29-22)26(33)31-15-13-30(14-16-31)25-5-3-4-12-28-25/h3-12,17-18H,2,13-16H2,1H3. The van der Waals surface area contributed by atoms with E-state index in [0.717, 1.165) is 57.3 Å². The Morgan fingerprint density at radius 3 is 2.56 bits per heavy atom. The van der Waals surface area contributed by atoms with E-state index in [9.17, 15) is 4.79 Å². The number of amides is 1. The summed E-state index contributed by atoms with van der Waals surface area (Å²) in [4.78, 5) is 27.6. The Labute approximate surface area is 202 Å². The zero-order valence-corrected chi connectivity index (χ0v) is 19.8. The molecule has 0 saturated carbocycles. The summed E-state index contributed by atoms with van der Waals surface area (Å²) in [5, 5.41) is 0. The number of pyridine rings is 1. The summed E-state index contributed by atoms with van der Waals surface area (Å²) >= 11 is 1.63. The molecule has 0 spiro atoms. The second-order valence-electron chi connectivity index (χ2n) is 8.58. The summed E-state index contributed by atoms with van der Waals surface area (Å²) in [6.45, 7) is 5.14. The number of imidazole rings is 1. The van der Waals surface area contributed by atoms with Crippen molar-refractivity contribution in [3.8, 4) is 11.3 Å². The van der Waals surface area contributed by atoms with Gasteiger partial charge in [0.2, 0.25) is 0 Å². The van der Waals surface area contributed by atoms with Crippen LogP contribution in [0.5, 0.6) is 0 Å². The van der Waals surface area contributed by atoms with Crippen molar-refractivity contribution < 1.29 is 4.79 Å². The monoisotopic (exact) mass is 467 g/mol. The maximum absolute atomic E-state index is 13.2. The summed E-state index contributed by atoms with van der Waals surface area (Å²) in [6, 6.07) is 20.5. The van der Waals surface area contributed by atoms with Crippen molar-refractivity contribution in [2.75, 3.05) is 31.1 Å². The number of piperazine rings is 1. The lowest BCUT2D eigenvalue weighted by molar-refractivity contribution is 0.0746. The molecule has 0 bridgehead atoms. The molecule has 0 radical (unpaired) electrons. The molecule has 1 saturated heterocycles. The fraction of sp³-hybridized carbons (Fsp3) is 0.222. The Bertz CT molecular complexity index is 1460. The van der Waals surface area contributed by atoms with Crippen molar-refractivity contribution in [3.63, 3.8) is 0 Å². The number of aryl methyl sites for hydroxylation is 1. The molecule has 5 aromatic rings. The first-order valence-corrected chi connectivity index (χ1v) is 12.5. The minimum absolute atomic E-state index is 0.0883. The van der Waals surface area contributed by atoms with E-state index in [1.54, 1.807) is 11.3 Å². The maximum Gasteiger partial charge on any atom is 0.254 e. The van der Waals surface area contributed by atoms with Gasteiger partial charge >= 0.3 is 0 Å². The highest BCUT2D eigenvalue weighted by Crippen LogP contribution is 2.30. The minimum atomic E-state index is 0.0883. The highest BCUT2D eigenvalue weighted by molar-refractivity contribution is 7.23. The van der Waals surface area contributed by atoms with Gasteiger partial charge in [0, 0.05) is 49.7 Å². The van der Waals surface area contributed by atoms with Gasteiger partial charge in [0.05, 0.1) is 15.9 Å². The molecule has 4 heterocycles. The fourth-order valence-electron chi connectivity index (χ4n) is 4.55. The number of rotatable bonds is 4. The molecule has 6 rings (SSSR count). The fourth-order valence-corrected chi connectivity index (χ4v) is 5.59. The van der Waals surface area contributed by atoms with E-state index in [4.69, 9.17) is 4.98 Å². The van der Waals surface area contributed by atoms with E-state index in [0.29, 0.717) is 13.1 Å². The summed E-state index contributed by atoms with van der Waals surface area (Å²) < 4.78 is 3.21. The molecule has 7 heteroatoms. The van der Waals surface area contributed by atoms with Gasteiger partial charge in [-0.25, -0.2) is 9.97 Å². The number of anilines is 1. The van der Waals surface area contributed by atoms with Crippen LogP contribution in [0.25, 0.3) is 26.4 Å². The van der Waals surface area contributed by atoms with Gasteiger partial charge in [-0.15, -0.1) is 0 Å². The van der Waals surface area contributed by atoms with E-state index in [-0.39, 0.29) is 5.91 Å². The molecular weight excluding hydrogens is 442 g/mol. The van der Waals surface area contributed by atoms with E-state index in [1.165, 1.54) is 5.56 Å². The van der Waals surface area contributed by atoms with Crippen LogP contribution < -0.4 is 4.90 Å². The average Bonchev–Trinajstić information content (AvgIpc) is 3.47. The van der Waals surface area contributed by atoms with Crippen LogP contribution in [0.3, 0.4) is 0 Å². The van der Waals surface area contributed by atoms with Crippen LogP contribution in [-0.4, -0.2) is 51.4 Å². The third-order valence-corrected chi connectivity index (χ3v) is 7.56. The van der Waals surface area contributed by atoms with E-state index in [2.05, 4.69) is 51.7 Å². The molecule has 1 fully saturated rings. The van der Waals surface area contributed by atoms with Crippen molar-refractivity contribution in [3.05, 3.63) is 84.2 Å². The molecule has 1 aliphatic heterocycles. The van der Waals surface area contributed by atoms with Crippen molar-refractivity contribution in [2.45, 2.75) is 13.3 Å². The van der Waals surface area contributed by atoms with Crippen LogP contribution in [0, 0.1) is 0 Å². The molecule has 1 aliphatic rings. The topological polar surface area (TPSA) is 53.7 Å². The molecule has 0 unspecified atom stereocenters. The summed E-state index contributed by atoms with van der Waals surface area (Å²) in [5.74, 6) is 1.06. The zero-order chi connectivity index (χ0) is 23.1. The molecule has 2 aromatic carbocycles. The highest BCUT2D eigenvalue weighted by Gasteiger charge is 2.23. The van der Waals surface area contributed by atoms with Gasteiger partial charge in [-0.1, -0.05) is 48.6 Å². The number of aromatic nitrogens is 3. The van der Waals surface area contributed by atoms with Gasteiger partial charge in [0.1, 0.15) is 5.82 Å². The average molecular weight is 468 g/mol. The number of carbonyl (C=O) groups is 1. The predicted octanol–water partition coefficient (Wildman–Crippen LogP) is 5.14. The van der Waals surface area contributed by atoms with Gasteiger partial charge < -0.3 is 9.80 Å². The van der Waals surface area contributed by atoms with Gasteiger partial charge in [-0.05, 0) is 42.3 Å². The van der Waals surface area contributed by atoms with E-state index >= 15 is 0 Å². The second kappa shape index (κ2) is 8.57. The Morgan fingerprint density at radius 1 is 1.00 bits per heavy atom. The van der Waals surface area contributed by atoms with Crippen LogP contribution in [-0.2, 0) is 6.42 Å². The molecule has 6 nitrogen and oxygen atoms in total. The first-order chi connectivity index (χ1) is 16.7. The molecular formula is C27H25N5OS. The zero-order valence-electron chi connectivity index (χ0n) is 19.0. The van der Waals surface area contributed by atoms with Gasteiger partial charge in [-0.3, -0.25) is 9.20 Å². The number of hydrogen-bond acceptors (Lipinski definition) is 5. The second-order valence-corrected chi connectivity index (χ2v) is 9.59. The maximum atomic E-state index is 13.2. The predicted molar refractivity (Wildman–Crippen MR) is 138 cm³/mol. The van der Waals surface area contributed by atoms with Crippen molar-refractivity contribution in [1.29, 1.82) is 0 Å². The molecule has 170 valence electrons. The normalized spacial score (nSPS) is 14.3. The van der Waals surface area contributed by atoms with E-state index in [1.807, 2.05) is 47.5 Å². The molecule has 34 heavy (non-hydrogen) atoms. The number of carbonyl (C=O) groups excluding carboxylic acids is 1. The van der Waals surface area contributed by atoms with Crippen molar-refractivity contribution in [1.82, 2.24) is 19.3 Å². The minimum Gasteiger partial charge on any atom is -0.353 e. The lowest BCUT2D eigenvalue weighted by Gasteiger charge is -2.35. The summed E-state index contributed by atoms with van der Waals surface area (Å²) in [6.07, 6.45) is 4.93. The van der Waals surface area contributed by atoms with Gasteiger partial charge in [0.15, 0.2) is 4.96 Å². The van der Waals surface area contributed by atoms with Crippen LogP contribution >= 0.6 is 11.3 Å². The summed E-state index contributed by atoms with van der Waals surface area (Å²) in [5.41, 5.74) is 5.24. The first-order valence-electron chi connectivity index (χ1n) is 11.7. The van der Waals surface area contributed by atoms with Crippen LogP contribution in [0.1, 0.15) is 22.8 Å². The van der Waals surface area contributed by atoms with Crippen LogP contribution in [0.2, 0.25) is 0 Å². The first kappa shape index (κ1) is 20.9. The Morgan fingerprint density at radius 2 is 1.82 bits per heavy atom. The van der Waals surface area contributed by atoms with Crippen LogP contribution in [0.4, 0.5) is 5.82 Å². The molecule has 0 atom stereocenters. The number of nitrogens with zero attached hydrogens (tertiary/aromatic N) is 5. The molecule has 1 amide bonds. The number of fused-ring (bicyclic) bond motifs is 3. The lowest BCUT2D eigenvalue weighted by atomic mass is 10.1. The largest absolute Gasteiger partial charge is 0.353 e. The van der Waals surface area contributed by atoms with Crippen molar-refractivity contribution >= 4 is 38.2 Å².